The Balaban J connectivity index is 1.80. The summed E-state index contributed by atoms with van der Waals surface area (Å²) in [7, 11) is 0. The first-order valence-electron chi connectivity index (χ1n) is 6.89. The lowest BCUT2D eigenvalue weighted by Crippen LogP contribution is -2.01. The van der Waals surface area contributed by atoms with Crippen LogP contribution in [0.2, 0.25) is 0 Å². The zero-order valence-corrected chi connectivity index (χ0v) is 12.3. The predicted octanol–water partition coefficient (Wildman–Crippen LogP) is 3.53. The molecular weight excluding hydrogens is 298 g/mol. The zero-order chi connectivity index (χ0) is 16.2. The molecule has 0 saturated carbocycles. The highest BCUT2D eigenvalue weighted by Crippen LogP contribution is 2.26. The van der Waals surface area contributed by atoms with Crippen molar-refractivity contribution >= 4 is 5.82 Å². The molecule has 7 nitrogen and oxygen atoms in total. The maximum atomic E-state index is 10.9. The molecule has 1 aromatic carbocycles. The summed E-state index contributed by atoms with van der Waals surface area (Å²) in [6.45, 7) is 1.84. The third kappa shape index (κ3) is 3.18. The van der Waals surface area contributed by atoms with Crippen LogP contribution in [-0.4, -0.2) is 14.9 Å². The quantitative estimate of drug-likeness (QED) is 0.528. The fourth-order valence-electron chi connectivity index (χ4n) is 2.04. The normalized spacial score (nSPS) is 10.5. The van der Waals surface area contributed by atoms with E-state index < -0.39 is 4.92 Å². The van der Waals surface area contributed by atoms with Crippen molar-refractivity contribution in [2.75, 3.05) is 0 Å². The summed E-state index contributed by atoms with van der Waals surface area (Å²) in [4.78, 5) is 18.4. The van der Waals surface area contributed by atoms with Gasteiger partial charge in [0.25, 0.3) is 0 Å². The molecule has 0 aliphatic rings. The Kier molecular flexibility index (Phi) is 4.01. The Morgan fingerprint density at radius 1 is 1.22 bits per heavy atom. The van der Waals surface area contributed by atoms with Crippen molar-refractivity contribution in [1.29, 1.82) is 0 Å². The third-order valence-electron chi connectivity index (χ3n) is 3.20. The lowest BCUT2D eigenvalue weighted by molar-refractivity contribution is -0.390. The second-order valence-electron chi connectivity index (χ2n) is 4.76. The number of oxazole rings is 1. The number of nitrogens with zero attached hydrogens (tertiary/aromatic N) is 3. The minimum Gasteiger partial charge on any atom is -0.479 e. The van der Waals surface area contributed by atoms with E-state index in [-0.39, 0.29) is 18.2 Å². The van der Waals surface area contributed by atoms with Crippen LogP contribution in [-0.2, 0) is 6.61 Å². The molecule has 0 amide bonds. The van der Waals surface area contributed by atoms with Crippen molar-refractivity contribution in [1.82, 2.24) is 9.97 Å². The Morgan fingerprint density at radius 2 is 2.00 bits per heavy atom. The van der Waals surface area contributed by atoms with Crippen LogP contribution in [0, 0.1) is 17.0 Å². The molecule has 0 unspecified atom stereocenters. The van der Waals surface area contributed by atoms with Gasteiger partial charge < -0.3 is 19.3 Å². The standard InChI is InChI=1S/C16H13N3O4/c1-11-13(18-16(23-11)12-6-3-2-4-7-12)10-22-14-8-5-9-17-15(14)19(20)21/h2-9H,10H2,1H3. The molecule has 3 aromatic rings. The van der Waals surface area contributed by atoms with Gasteiger partial charge in [0.05, 0.1) is 0 Å². The van der Waals surface area contributed by atoms with Crippen molar-refractivity contribution in [3.05, 3.63) is 70.2 Å². The van der Waals surface area contributed by atoms with Gasteiger partial charge in [0.1, 0.15) is 24.3 Å². The van der Waals surface area contributed by atoms with E-state index in [2.05, 4.69) is 9.97 Å². The second-order valence-corrected chi connectivity index (χ2v) is 4.76. The van der Waals surface area contributed by atoms with E-state index in [1.807, 2.05) is 30.3 Å². The smallest absolute Gasteiger partial charge is 0.406 e. The van der Waals surface area contributed by atoms with E-state index in [0.29, 0.717) is 17.3 Å². The molecule has 0 N–H and O–H groups in total. The van der Waals surface area contributed by atoms with Crippen LogP contribution < -0.4 is 4.74 Å². The lowest BCUT2D eigenvalue weighted by atomic mass is 10.2. The molecule has 23 heavy (non-hydrogen) atoms. The Hall–Kier alpha value is -3.22. The monoisotopic (exact) mass is 311 g/mol. The van der Waals surface area contributed by atoms with E-state index in [1.54, 1.807) is 13.0 Å². The maximum absolute atomic E-state index is 10.9. The van der Waals surface area contributed by atoms with Gasteiger partial charge in [-0.25, -0.2) is 4.98 Å². The van der Waals surface area contributed by atoms with Crippen molar-refractivity contribution in [2.45, 2.75) is 13.5 Å². The summed E-state index contributed by atoms with van der Waals surface area (Å²) in [6.07, 6.45) is 1.35. The molecule has 2 aromatic heterocycles. The van der Waals surface area contributed by atoms with Crippen molar-refractivity contribution in [3.8, 4) is 17.2 Å². The van der Waals surface area contributed by atoms with Gasteiger partial charge in [-0.05, 0) is 41.1 Å². The van der Waals surface area contributed by atoms with Crippen LogP contribution in [0.3, 0.4) is 0 Å². The molecule has 116 valence electrons. The van der Waals surface area contributed by atoms with Crippen LogP contribution in [0.15, 0.2) is 53.1 Å². The molecule has 7 heteroatoms. The van der Waals surface area contributed by atoms with Crippen molar-refractivity contribution in [2.24, 2.45) is 0 Å². The minimum absolute atomic E-state index is 0.0642. The molecule has 0 saturated heterocycles. The van der Waals surface area contributed by atoms with E-state index in [4.69, 9.17) is 9.15 Å². The van der Waals surface area contributed by atoms with Gasteiger partial charge >= 0.3 is 5.82 Å². The average Bonchev–Trinajstić information content (AvgIpc) is 2.95. The summed E-state index contributed by atoms with van der Waals surface area (Å²) in [5, 5.41) is 10.9. The fraction of sp³-hybridized carbons (Fsp3) is 0.125. The molecular formula is C16H13N3O4. The second kappa shape index (κ2) is 6.27. The molecule has 0 radical (unpaired) electrons. The fourth-order valence-corrected chi connectivity index (χ4v) is 2.04. The molecule has 0 atom stereocenters. The first kappa shape index (κ1) is 14.7. The summed E-state index contributed by atoms with van der Waals surface area (Å²) in [6, 6.07) is 12.6. The van der Waals surface area contributed by atoms with Crippen LogP contribution >= 0.6 is 0 Å². The van der Waals surface area contributed by atoms with Gasteiger partial charge in [-0.1, -0.05) is 18.2 Å². The molecule has 0 spiro atoms. The third-order valence-corrected chi connectivity index (χ3v) is 3.20. The summed E-state index contributed by atoms with van der Waals surface area (Å²) < 4.78 is 11.1. The Bertz CT molecular complexity index is 830. The first-order chi connectivity index (χ1) is 11.1. The average molecular weight is 311 g/mol. The van der Waals surface area contributed by atoms with Gasteiger partial charge in [-0.15, -0.1) is 0 Å². The highest BCUT2D eigenvalue weighted by molar-refractivity contribution is 5.53. The number of hydrogen-bond donors (Lipinski definition) is 0. The van der Waals surface area contributed by atoms with E-state index in [0.717, 1.165) is 5.56 Å². The van der Waals surface area contributed by atoms with Gasteiger partial charge in [-0.3, -0.25) is 0 Å². The number of aromatic nitrogens is 2. The SMILES string of the molecule is Cc1oc(-c2ccccc2)nc1COc1cccnc1[N+](=O)[O-]. The van der Waals surface area contributed by atoms with Crippen LogP contribution in [0.4, 0.5) is 5.82 Å². The zero-order valence-electron chi connectivity index (χ0n) is 12.3. The van der Waals surface area contributed by atoms with Gasteiger partial charge in [-0.2, -0.15) is 0 Å². The Labute approximate surface area is 131 Å². The first-order valence-corrected chi connectivity index (χ1v) is 6.89. The number of nitro groups is 1. The van der Waals surface area contributed by atoms with Gasteiger partial charge in [0, 0.05) is 5.56 Å². The largest absolute Gasteiger partial charge is 0.479 e. The van der Waals surface area contributed by atoms with Crippen LogP contribution in [0.1, 0.15) is 11.5 Å². The van der Waals surface area contributed by atoms with Crippen molar-refractivity contribution < 1.29 is 14.1 Å². The molecule has 3 rings (SSSR count). The Morgan fingerprint density at radius 3 is 2.74 bits per heavy atom. The molecule has 2 heterocycles. The summed E-state index contributed by atoms with van der Waals surface area (Å²) in [5.74, 6) is 0.871. The number of benzene rings is 1. The van der Waals surface area contributed by atoms with Crippen molar-refractivity contribution in [3.63, 3.8) is 0 Å². The van der Waals surface area contributed by atoms with E-state index in [1.165, 1.54) is 12.3 Å². The number of aryl methyl sites for hydroxylation is 1. The maximum Gasteiger partial charge on any atom is 0.406 e. The van der Waals surface area contributed by atoms with E-state index in [9.17, 15) is 10.1 Å². The van der Waals surface area contributed by atoms with Crippen LogP contribution in [0.5, 0.6) is 5.75 Å². The number of rotatable bonds is 5. The molecule has 0 aliphatic heterocycles. The number of hydrogen-bond acceptors (Lipinski definition) is 6. The van der Waals surface area contributed by atoms with Gasteiger partial charge in [0.15, 0.2) is 0 Å². The highest BCUT2D eigenvalue weighted by Gasteiger charge is 2.17. The number of ether oxygens (including phenoxy) is 1. The minimum atomic E-state index is -0.583. The topological polar surface area (TPSA) is 91.3 Å². The molecule has 0 bridgehead atoms. The molecule has 0 aliphatic carbocycles. The number of pyridine rings is 1. The van der Waals surface area contributed by atoms with E-state index >= 15 is 0 Å². The van der Waals surface area contributed by atoms with Crippen LogP contribution in [0.25, 0.3) is 11.5 Å². The summed E-state index contributed by atoms with van der Waals surface area (Å²) >= 11 is 0. The predicted molar refractivity (Wildman–Crippen MR) is 81.9 cm³/mol. The molecule has 0 fully saturated rings. The summed E-state index contributed by atoms with van der Waals surface area (Å²) in [5.41, 5.74) is 1.44. The lowest BCUT2D eigenvalue weighted by Gasteiger charge is -2.04. The van der Waals surface area contributed by atoms with Gasteiger partial charge in [0.2, 0.25) is 11.6 Å². The highest BCUT2D eigenvalue weighted by atomic mass is 16.6.